The SMILES string of the molecule is Cc1ccc(-c2cn3c(CC(=O)N4CCN(c5ccccc5Cl)CC4)csc3n2)cc1. The van der Waals surface area contributed by atoms with Gasteiger partial charge in [-0.25, -0.2) is 4.98 Å². The number of carbonyl (C=O) groups excluding carboxylic acids is 1. The van der Waals surface area contributed by atoms with Gasteiger partial charge in [0.1, 0.15) is 0 Å². The third-order valence-electron chi connectivity index (χ3n) is 5.79. The van der Waals surface area contributed by atoms with Crippen LogP contribution in [0.5, 0.6) is 0 Å². The Kier molecular flexibility index (Phi) is 5.42. The van der Waals surface area contributed by atoms with E-state index in [1.165, 1.54) is 5.56 Å². The van der Waals surface area contributed by atoms with Crippen molar-refractivity contribution in [3.63, 3.8) is 0 Å². The van der Waals surface area contributed by atoms with Crippen LogP contribution in [0.25, 0.3) is 16.2 Å². The molecule has 1 amide bonds. The standard InChI is InChI=1S/C24H23ClN4OS/c1-17-6-8-18(9-7-17)21-15-29-19(16-31-24(29)26-21)14-23(30)28-12-10-27(11-13-28)22-5-3-2-4-20(22)25/h2-9,15-16H,10-14H2,1H3. The molecule has 4 aromatic rings. The lowest BCUT2D eigenvalue weighted by Crippen LogP contribution is -2.49. The summed E-state index contributed by atoms with van der Waals surface area (Å²) in [5, 5.41) is 2.80. The van der Waals surface area contributed by atoms with Gasteiger partial charge in [-0.2, -0.15) is 0 Å². The molecule has 1 aliphatic heterocycles. The summed E-state index contributed by atoms with van der Waals surface area (Å²) in [5.74, 6) is 0.157. The lowest BCUT2D eigenvalue weighted by molar-refractivity contribution is -0.130. The number of piperazine rings is 1. The number of carbonyl (C=O) groups is 1. The topological polar surface area (TPSA) is 40.9 Å². The van der Waals surface area contributed by atoms with Gasteiger partial charge in [-0.15, -0.1) is 11.3 Å². The zero-order valence-electron chi connectivity index (χ0n) is 17.3. The van der Waals surface area contributed by atoms with Gasteiger partial charge in [-0.3, -0.25) is 9.20 Å². The Bertz CT molecular complexity index is 1220. The van der Waals surface area contributed by atoms with Crippen LogP contribution >= 0.6 is 22.9 Å². The van der Waals surface area contributed by atoms with Crippen molar-refractivity contribution in [2.45, 2.75) is 13.3 Å². The maximum Gasteiger partial charge on any atom is 0.228 e. The highest BCUT2D eigenvalue weighted by atomic mass is 35.5. The molecule has 158 valence electrons. The quantitative estimate of drug-likeness (QED) is 0.443. The van der Waals surface area contributed by atoms with E-state index < -0.39 is 0 Å². The molecule has 2 aromatic heterocycles. The molecule has 3 heterocycles. The molecule has 2 aromatic carbocycles. The number of anilines is 1. The summed E-state index contributed by atoms with van der Waals surface area (Å²) in [5.41, 5.74) is 5.29. The molecule has 0 unspecified atom stereocenters. The Morgan fingerprint density at radius 1 is 1.06 bits per heavy atom. The normalized spacial score (nSPS) is 14.4. The van der Waals surface area contributed by atoms with Gasteiger partial charge in [0.2, 0.25) is 5.91 Å². The third-order valence-corrected chi connectivity index (χ3v) is 7.00. The van der Waals surface area contributed by atoms with Gasteiger partial charge in [0, 0.05) is 49.0 Å². The Hall–Kier alpha value is -2.83. The van der Waals surface area contributed by atoms with E-state index in [0.29, 0.717) is 19.5 Å². The fraction of sp³-hybridized carbons (Fsp3) is 0.250. The van der Waals surface area contributed by atoms with Crippen molar-refractivity contribution in [2.24, 2.45) is 0 Å². The summed E-state index contributed by atoms with van der Waals surface area (Å²) >= 11 is 7.91. The van der Waals surface area contributed by atoms with Crippen molar-refractivity contribution in [2.75, 3.05) is 31.1 Å². The van der Waals surface area contributed by atoms with Gasteiger partial charge in [0.25, 0.3) is 0 Å². The lowest BCUT2D eigenvalue weighted by Gasteiger charge is -2.36. The van der Waals surface area contributed by atoms with Crippen molar-refractivity contribution in [1.29, 1.82) is 0 Å². The number of aromatic nitrogens is 2. The van der Waals surface area contributed by atoms with Crippen LogP contribution in [0.4, 0.5) is 5.69 Å². The predicted octanol–water partition coefficient (Wildman–Crippen LogP) is 4.92. The number of amides is 1. The first kappa shape index (κ1) is 20.1. The molecule has 0 atom stereocenters. The van der Waals surface area contributed by atoms with E-state index in [-0.39, 0.29) is 5.91 Å². The van der Waals surface area contributed by atoms with Crippen molar-refractivity contribution < 1.29 is 4.79 Å². The van der Waals surface area contributed by atoms with Gasteiger partial charge in [-0.05, 0) is 19.1 Å². The van der Waals surface area contributed by atoms with Gasteiger partial charge in [0.05, 0.1) is 22.8 Å². The average Bonchev–Trinajstić information content (AvgIpc) is 3.37. The van der Waals surface area contributed by atoms with Crippen molar-refractivity contribution in [3.8, 4) is 11.3 Å². The Morgan fingerprint density at radius 2 is 1.81 bits per heavy atom. The van der Waals surface area contributed by atoms with Gasteiger partial charge in [0.15, 0.2) is 4.96 Å². The average molecular weight is 451 g/mol. The highest BCUT2D eigenvalue weighted by Gasteiger charge is 2.23. The second-order valence-electron chi connectivity index (χ2n) is 7.87. The summed E-state index contributed by atoms with van der Waals surface area (Å²) in [6.45, 7) is 5.06. The number of rotatable bonds is 4. The van der Waals surface area contributed by atoms with Gasteiger partial charge in [-0.1, -0.05) is 53.6 Å². The number of nitrogens with zero attached hydrogens (tertiary/aromatic N) is 4. The highest BCUT2D eigenvalue weighted by Crippen LogP contribution is 2.27. The van der Waals surface area contributed by atoms with Gasteiger partial charge >= 0.3 is 0 Å². The van der Waals surface area contributed by atoms with Crippen LogP contribution < -0.4 is 4.90 Å². The zero-order chi connectivity index (χ0) is 21.4. The Labute approximate surface area is 190 Å². The molecule has 1 saturated heterocycles. The van der Waals surface area contributed by atoms with Crippen molar-refractivity contribution >= 4 is 39.5 Å². The van der Waals surface area contributed by atoms with Crippen LogP contribution in [0.15, 0.2) is 60.1 Å². The Balaban J connectivity index is 1.26. The molecule has 5 rings (SSSR count). The summed E-state index contributed by atoms with van der Waals surface area (Å²) in [6, 6.07) is 16.2. The minimum atomic E-state index is 0.157. The van der Waals surface area contributed by atoms with E-state index in [9.17, 15) is 4.79 Å². The van der Waals surface area contributed by atoms with Crippen molar-refractivity contribution in [1.82, 2.24) is 14.3 Å². The maximum atomic E-state index is 13.0. The molecule has 7 heteroatoms. The first-order valence-corrected chi connectivity index (χ1v) is 11.6. The molecule has 31 heavy (non-hydrogen) atoms. The van der Waals surface area contributed by atoms with E-state index in [1.807, 2.05) is 40.7 Å². The molecule has 5 nitrogen and oxygen atoms in total. The number of fused-ring (bicyclic) bond motifs is 1. The first-order valence-electron chi connectivity index (χ1n) is 10.4. The second-order valence-corrected chi connectivity index (χ2v) is 9.11. The van der Waals surface area contributed by atoms with Crippen LogP contribution in [0, 0.1) is 6.92 Å². The number of hydrogen-bond donors (Lipinski definition) is 0. The number of benzene rings is 2. The second kappa shape index (κ2) is 8.36. The van der Waals surface area contributed by atoms with Gasteiger partial charge < -0.3 is 9.80 Å². The maximum absolute atomic E-state index is 13.0. The Morgan fingerprint density at radius 3 is 2.55 bits per heavy atom. The molecule has 0 spiro atoms. The monoisotopic (exact) mass is 450 g/mol. The largest absolute Gasteiger partial charge is 0.367 e. The number of hydrogen-bond acceptors (Lipinski definition) is 4. The van der Waals surface area contributed by atoms with E-state index in [0.717, 1.165) is 45.7 Å². The molecular formula is C24H23ClN4OS. The number of imidazole rings is 1. The summed E-state index contributed by atoms with van der Waals surface area (Å²) < 4.78 is 2.05. The van der Waals surface area contributed by atoms with Crippen LogP contribution in [0.2, 0.25) is 5.02 Å². The fourth-order valence-electron chi connectivity index (χ4n) is 3.99. The van der Waals surface area contributed by atoms with Crippen molar-refractivity contribution in [3.05, 3.63) is 76.4 Å². The van der Waals surface area contributed by atoms with E-state index in [4.69, 9.17) is 16.6 Å². The molecular weight excluding hydrogens is 428 g/mol. The first-order chi connectivity index (χ1) is 15.1. The number of aryl methyl sites for hydroxylation is 1. The molecule has 1 aliphatic rings. The fourth-order valence-corrected chi connectivity index (χ4v) is 5.12. The van der Waals surface area contributed by atoms with Crippen LogP contribution in [-0.2, 0) is 11.2 Å². The predicted molar refractivity (Wildman–Crippen MR) is 127 cm³/mol. The lowest BCUT2D eigenvalue weighted by atomic mass is 10.1. The number of para-hydroxylation sites is 1. The molecule has 0 N–H and O–H groups in total. The third kappa shape index (κ3) is 4.05. The zero-order valence-corrected chi connectivity index (χ0v) is 18.9. The number of thiazole rings is 1. The molecule has 1 fully saturated rings. The molecule has 0 saturated carbocycles. The summed E-state index contributed by atoms with van der Waals surface area (Å²) in [7, 11) is 0. The van der Waals surface area contributed by atoms with E-state index >= 15 is 0 Å². The minimum absolute atomic E-state index is 0.157. The smallest absolute Gasteiger partial charge is 0.228 e. The van der Waals surface area contributed by atoms with Crippen LogP contribution in [0.3, 0.4) is 0 Å². The summed E-state index contributed by atoms with van der Waals surface area (Å²) in [4.78, 5) is 22.8. The van der Waals surface area contributed by atoms with E-state index in [2.05, 4.69) is 40.5 Å². The van der Waals surface area contributed by atoms with E-state index in [1.54, 1.807) is 11.3 Å². The van der Waals surface area contributed by atoms with Crippen LogP contribution in [0.1, 0.15) is 11.3 Å². The minimum Gasteiger partial charge on any atom is -0.367 e. The van der Waals surface area contributed by atoms with Crippen LogP contribution in [-0.4, -0.2) is 46.4 Å². The number of halogens is 1. The molecule has 0 aliphatic carbocycles. The summed E-state index contributed by atoms with van der Waals surface area (Å²) in [6.07, 6.45) is 2.42. The highest BCUT2D eigenvalue weighted by molar-refractivity contribution is 7.15. The molecule has 0 bridgehead atoms. The molecule has 0 radical (unpaired) electrons.